The van der Waals surface area contributed by atoms with Crippen LogP contribution in [0.4, 0.5) is 11.8 Å². The predicted molar refractivity (Wildman–Crippen MR) is 104 cm³/mol. The van der Waals surface area contributed by atoms with Crippen LogP contribution in [0.3, 0.4) is 0 Å². The van der Waals surface area contributed by atoms with Crippen molar-refractivity contribution in [2.45, 2.75) is 25.8 Å². The number of likely N-dealkylation sites (tertiary alicyclic amines) is 1. The minimum Gasteiger partial charge on any atom is -0.383 e. The third-order valence-corrected chi connectivity index (χ3v) is 5.04. The van der Waals surface area contributed by atoms with Crippen LogP contribution in [0.2, 0.25) is 0 Å². The second-order valence-electron chi connectivity index (χ2n) is 7.01. The SMILES string of the molecule is Cc1ccc(C(=O)N2CCC(Nc3nc(N)c4cnn(C)c4n3)CC2)cc1. The lowest BCUT2D eigenvalue weighted by Gasteiger charge is -2.32. The van der Waals surface area contributed by atoms with Crippen LogP contribution >= 0.6 is 0 Å². The van der Waals surface area contributed by atoms with Gasteiger partial charge in [0.2, 0.25) is 5.95 Å². The molecule has 3 heterocycles. The summed E-state index contributed by atoms with van der Waals surface area (Å²) in [4.78, 5) is 23.4. The molecule has 0 bridgehead atoms. The maximum Gasteiger partial charge on any atom is 0.253 e. The second kappa shape index (κ2) is 6.86. The van der Waals surface area contributed by atoms with E-state index in [1.165, 1.54) is 0 Å². The molecule has 27 heavy (non-hydrogen) atoms. The molecule has 1 aromatic carbocycles. The average Bonchev–Trinajstić information content (AvgIpc) is 3.04. The van der Waals surface area contributed by atoms with Crippen LogP contribution in [0.5, 0.6) is 0 Å². The van der Waals surface area contributed by atoms with Gasteiger partial charge in [-0.1, -0.05) is 17.7 Å². The molecule has 4 rings (SSSR count). The van der Waals surface area contributed by atoms with E-state index in [4.69, 9.17) is 5.73 Å². The molecule has 140 valence electrons. The number of fused-ring (bicyclic) bond motifs is 1. The third kappa shape index (κ3) is 3.42. The Morgan fingerprint density at radius 1 is 1.19 bits per heavy atom. The first-order valence-electron chi connectivity index (χ1n) is 9.09. The predicted octanol–water partition coefficient (Wildman–Crippen LogP) is 1.97. The molecule has 0 unspecified atom stereocenters. The van der Waals surface area contributed by atoms with Crippen LogP contribution in [0, 0.1) is 6.92 Å². The number of aryl methyl sites for hydroxylation is 2. The number of nitrogens with one attached hydrogen (secondary N) is 1. The Balaban J connectivity index is 1.40. The smallest absolute Gasteiger partial charge is 0.253 e. The molecule has 1 amide bonds. The summed E-state index contributed by atoms with van der Waals surface area (Å²) in [5.74, 6) is 1.01. The van der Waals surface area contributed by atoms with Crippen molar-refractivity contribution in [1.29, 1.82) is 0 Å². The number of carbonyl (C=O) groups is 1. The fourth-order valence-corrected chi connectivity index (χ4v) is 3.40. The molecule has 0 saturated carbocycles. The lowest BCUT2D eigenvalue weighted by atomic mass is 10.0. The van der Waals surface area contributed by atoms with E-state index in [9.17, 15) is 4.79 Å². The molecule has 2 aromatic heterocycles. The molecule has 0 aliphatic carbocycles. The molecular weight excluding hydrogens is 342 g/mol. The van der Waals surface area contributed by atoms with Gasteiger partial charge < -0.3 is 16.0 Å². The fourth-order valence-electron chi connectivity index (χ4n) is 3.40. The van der Waals surface area contributed by atoms with Gasteiger partial charge >= 0.3 is 0 Å². The van der Waals surface area contributed by atoms with E-state index >= 15 is 0 Å². The normalized spacial score (nSPS) is 15.3. The topological polar surface area (TPSA) is 102 Å². The number of anilines is 2. The Morgan fingerprint density at radius 2 is 1.89 bits per heavy atom. The Labute approximate surface area is 157 Å². The van der Waals surface area contributed by atoms with Gasteiger partial charge in [-0.15, -0.1) is 0 Å². The lowest BCUT2D eigenvalue weighted by Crippen LogP contribution is -2.42. The number of piperidine rings is 1. The highest BCUT2D eigenvalue weighted by atomic mass is 16.2. The summed E-state index contributed by atoms with van der Waals surface area (Å²) in [6, 6.07) is 7.93. The van der Waals surface area contributed by atoms with Gasteiger partial charge in [0, 0.05) is 31.7 Å². The van der Waals surface area contributed by atoms with Gasteiger partial charge in [0.1, 0.15) is 5.82 Å². The highest BCUT2D eigenvalue weighted by Gasteiger charge is 2.24. The van der Waals surface area contributed by atoms with Crippen LogP contribution in [0.25, 0.3) is 11.0 Å². The van der Waals surface area contributed by atoms with E-state index in [1.807, 2.05) is 43.1 Å². The zero-order chi connectivity index (χ0) is 19.0. The highest BCUT2D eigenvalue weighted by Crippen LogP contribution is 2.21. The Bertz CT molecular complexity index is 972. The van der Waals surface area contributed by atoms with Crippen LogP contribution < -0.4 is 11.1 Å². The monoisotopic (exact) mass is 365 g/mol. The summed E-state index contributed by atoms with van der Waals surface area (Å²) in [5.41, 5.74) is 8.61. The first kappa shape index (κ1) is 17.3. The lowest BCUT2D eigenvalue weighted by molar-refractivity contribution is 0.0718. The van der Waals surface area contributed by atoms with E-state index in [2.05, 4.69) is 20.4 Å². The van der Waals surface area contributed by atoms with Crippen molar-refractivity contribution < 1.29 is 4.79 Å². The number of rotatable bonds is 3. The molecule has 0 atom stereocenters. The number of nitrogens with zero attached hydrogens (tertiary/aromatic N) is 5. The van der Waals surface area contributed by atoms with Gasteiger partial charge in [-0.25, -0.2) is 0 Å². The summed E-state index contributed by atoms with van der Waals surface area (Å²) in [6.07, 6.45) is 3.35. The van der Waals surface area contributed by atoms with Gasteiger partial charge in [-0.2, -0.15) is 15.1 Å². The molecule has 8 nitrogen and oxygen atoms in total. The summed E-state index contributed by atoms with van der Waals surface area (Å²) >= 11 is 0. The number of aromatic nitrogens is 4. The molecule has 1 aliphatic rings. The van der Waals surface area contributed by atoms with E-state index in [1.54, 1.807) is 10.9 Å². The van der Waals surface area contributed by atoms with E-state index in [-0.39, 0.29) is 11.9 Å². The van der Waals surface area contributed by atoms with Crippen molar-refractivity contribution in [3.8, 4) is 0 Å². The van der Waals surface area contributed by atoms with Crippen LogP contribution in [0.1, 0.15) is 28.8 Å². The number of nitrogens with two attached hydrogens (primary N) is 1. The zero-order valence-electron chi connectivity index (χ0n) is 15.5. The number of hydrogen-bond acceptors (Lipinski definition) is 6. The zero-order valence-corrected chi connectivity index (χ0v) is 15.5. The molecular formula is C19H23N7O. The van der Waals surface area contributed by atoms with Crippen molar-refractivity contribution in [2.24, 2.45) is 7.05 Å². The number of amides is 1. The quantitative estimate of drug-likeness (QED) is 0.736. The van der Waals surface area contributed by atoms with Gasteiger partial charge in [0.25, 0.3) is 5.91 Å². The van der Waals surface area contributed by atoms with Crippen molar-refractivity contribution in [3.05, 3.63) is 41.6 Å². The van der Waals surface area contributed by atoms with E-state index < -0.39 is 0 Å². The molecule has 1 aliphatic heterocycles. The maximum atomic E-state index is 12.6. The maximum absolute atomic E-state index is 12.6. The summed E-state index contributed by atoms with van der Waals surface area (Å²) in [5, 5.41) is 8.28. The number of carbonyl (C=O) groups excluding carboxylic acids is 1. The molecule has 1 fully saturated rings. The molecule has 0 radical (unpaired) electrons. The first-order valence-corrected chi connectivity index (χ1v) is 9.09. The Kier molecular flexibility index (Phi) is 4.39. The standard InChI is InChI=1S/C19H23N7O/c1-12-3-5-13(6-4-12)18(27)26-9-7-14(8-10-26)22-19-23-16(20)15-11-21-25(2)17(15)24-19/h3-6,11,14H,7-10H2,1-2H3,(H3,20,22,23,24). The molecule has 3 aromatic rings. The van der Waals surface area contributed by atoms with E-state index in [0.29, 0.717) is 30.5 Å². The summed E-state index contributed by atoms with van der Waals surface area (Å²) in [7, 11) is 1.83. The molecule has 0 spiro atoms. The fraction of sp³-hybridized carbons (Fsp3) is 0.368. The van der Waals surface area contributed by atoms with Gasteiger partial charge in [-0.05, 0) is 31.9 Å². The van der Waals surface area contributed by atoms with Crippen LogP contribution in [-0.4, -0.2) is 49.7 Å². The van der Waals surface area contributed by atoms with Crippen LogP contribution in [0.15, 0.2) is 30.5 Å². The van der Waals surface area contributed by atoms with E-state index in [0.717, 1.165) is 29.4 Å². The highest BCUT2D eigenvalue weighted by molar-refractivity contribution is 5.94. The first-order chi connectivity index (χ1) is 13.0. The summed E-state index contributed by atoms with van der Waals surface area (Å²) in [6.45, 7) is 3.42. The minimum atomic E-state index is 0.0882. The van der Waals surface area contributed by atoms with Gasteiger partial charge in [-0.3, -0.25) is 9.48 Å². The Hall–Kier alpha value is -3.16. The van der Waals surface area contributed by atoms with Gasteiger partial charge in [0.05, 0.1) is 11.6 Å². The molecule has 1 saturated heterocycles. The third-order valence-electron chi connectivity index (χ3n) is 5.04. The Morgan fingerprint density at radius 3 is 2.59 bits per heavy atom. The molecule has 8 heteroatoms. The number of benzene rings is 1. The molecule has 3 N–H and O–H groups in total. The van der Waals surface area contributed by atoms with Crippen LogP contribution in [-0.2, 0) is 7.05 Å². The minimum absolute atomic E-state index is 0.0882. The van der Waals surface area contributed by atoms with Crippen molar-refractivity contribution in [1.82, 2.24) is 24.6 Å². The van der Waals surface area contributed by atoms with Crippen molar-refractivity contribution >= 4 is 28.7 Å². The largest absolute Gasteiger partial charge is 0.383 e. The van der Waals surface area contributed by atoms with Crippen molar-refractivity contribution in [3.63, 3.8) is 0 Å². The second-order valence-corrected chi connectivity index (χ2v) is 7.01. The number of nitrogen functional groups attached to an aromatic ring is 1. The summed E-state index contributed by atoms with van der Waals surface area (Å²) < 4.78 is 1.68. The number of hydrogen-bond donors (Lipinski definition) is 2. The average molecular weight is 365 g/mol. The van der Waals surface area contributed by atoms with Gasteiger partial charge in [0.15, 0.2) is 5.65 Å². The van der Waals surface area contributed by atoms with Crippen molar-refractivity contribution in [2.75, 3.05) is 24.1 Å².